The van der Waals surface area contributed by atoms with Crippen molar-refractivity contribution < 1.29 is 4.74 Å². The molecule has 23 heavy (non-hydrogen) atoms. The molecule has 5 rings (SSSR count). The number of halogens is 1. The van der Waals surface area contributed by atoms with Crippen LogP contribution in [-0.2, 0) is 0 Å². The van der Waals surface area contributed by atoms with Crippen molar-refractivity contribution in [1.82, 2.24) is 19.9 Å². The van der Waals surface area contributed by atoms with Crippen molar-refractivity contribution in [3.05, 3.63) is 22.6 Å². The molecule has 0 spiro atoms. The van der Waals surface area contributed by atoms with Gasteiger partial charge in [-0.1, -0.05) is 0 Å². The fourth-order valence-electron chi connectivity index (χ4n) is 4.25. The van der Waals surface area contributed by atoms with Crippen LogP contribution in [0.3, 0.4) is 0 Å². The number of nitrogens with zero attached hydrogens (tertiary/aromatic N) is 3. The first-order valence-electron chi connectivity index (χ1n) is 8.69. The first-order valence-corrected chi connectivity index (χ1v) is 9.48. The maximum atomic E-state index is 6.30. The van der Waals surface area contributed by atoms with Gasteiger partial charge >= 0.3 is 0 Å². The normalized spacial score (nSPS) is 30.0. The molecule has 2 aromatic heterocycles. The van der Waals surface area contributed by atoms with Crippen LogP contribution in [-0.4, -0.2) is 33.3 Å². The number of hydrogen-bond acceptors (Lipinski definition) is 4. The van der Waals surface area contributed by atoms with Gasteiger partial charge in [-0.05, 0) is 66.3 Å². The van der Waals surface area contributed by atoms with E-state index in [-0.39, 0.29) is 0 Å². The Morgan fingerprint density at radius 1 is 1.17 bits per heavy atom. The van der Waals surface area contributed by atoms with Crippen LogP contribution in [0, 0.1) is 5.92 Å². The maximum Gasteiger partial charge on any atom is 0.204 e. The summed E-state index contributed by atoms with van der Waals surface area (Å²) in [7, 11) is 0. The topological polar surface area (TPSA) is 51.5 Å². The van der Waals surface area contributed by atoms with Gasteiger partial charge in [0.15, 0.2) is 5.65 Å². The van der Waals surface area contributed by atoms with Crippen molar-refractivity contribution in [2.24, 2.45) is 5.92 Å². The summed E-state index contributed by atoms with van der Waals surface area (Å²) in [4.78, 5) is 0. The largest absolute Gasteiger partial charge is 0.493 e. The Bertz CT molecular complexity index is 730. The molecule has 4 heterocycles. The minimum atomic E-state index is 0.646. The Hall–Kier alpha value is -1.14. The lowest BCUT2D eigenvalue weighted by molar-refractivity contribution is 0.189. The summed E-state index contributed by atoms with van der Waals surface area (Å²) in [5, 5.41) is 12.0. The summed E-state index contributed by atoms with van der Waals surface area (Å²) in [6.45, 7) is 0.833. The third-order valence-corrected chi connectivity index (χ3v) is 6.10. The number of pyridine rings is 1. The maximum absolute atomic E-state index is 6.30. The van der Waals surface area contributed by atoms with Crippen molar-refractivity contribution >= 4 is 21.6 Å². The van der Waals surface area contributed by atoms with E-state index in [1.165, 1.54) is 44.1 Å². The van der Waals surface area contributed by atoms with Crippen molar-refractivity contribution in [3.8, 4) is 5.75 Å². The van der Waals surface area contributed by atoms with Gasteiger partial charge < -0.3 is 10.1 Å². The summed E-state index contributed by atoms with van der Waals surface area (Å²) < 4.78 is 9.06. The van der Waals surface area contributed by atoms with E-state index in [2.05, 4.69) is 43.7 Å². The van der Waals surface area contributed by atoms with Crippen LogP contribution in [0.2, 0.25) is 0 Å². The van der Waals surface area contributed by atoms with E-state index in [4.69, 9.17) is 4.74 Å². The number of ether oxygens (including phenoxy) is 1. The van der Waals surface area contributed by atoms with Gasteiger partial charge in [0.1, 0.15) is 5.75 Å². The molecule has 1 aliphatic carbocycles. The van der Waals surface area contributed by atoms with E-state index in [1.54, 1.807) is 0 Å². The second kappa shape index (κ2) is 5.45. The Labute approximate surface area is 143 Å². The molecule has 6 heteroatoms. The SMILES string of the molecule is Brc1nnc2cc(OC[C@H]3C[C@H]4CC[C@@H](C3)N4)c(C3CC3)cn12. The lowest BCUT2D eigenvalue weighted by Crippen LogP contribution is -2.39. The molecule has 2 aromatic rings. The molecule has 5 nitrogen and oxygen atoms in total. The van der Waals surface area contributed by atoms with Crippen LogP contribution in [0.1, 0.15) is 50.0 Å². The number of hydrogen-bond donors (Lipinski definition) is 1. The predicted octanol–water partition coefficient (Wildman–Crippen LogP) is 3.28. The second-order valence-electron chi connectivity index (χ2n) is 7.35. The van der Waals surface area contributed by atoms with Gasteiger partial charge in [-0.3, -0.25) is 4.40 Å². The highest BCUT2D eigenvalue weighted by Crippen LogP contribution is 2.45. The molecular formula is C17H21BrN4O. The summed E-state index contributed by atoms with van der Waals surface area (Å²) in [6, 6.07) is 3.50. The average Bonchev–Trinajstić information content (AvgIpc) is 3.27. The Morgan fingerprint density at radius 2 is 1.96 bits per heavy atom. The second-order valence-corrected chi connectivity index (χ2v) is 8.06. The predicted molar refractivity (Wildman–Crippen MR) is 90.8 cm³/mol. The fourth-order valence-corrected chi connectivity index (χ4v) is 4.61. The van der Waals surface area contributed by atoms with E-state index in [0.717, 1.165) is 34.8 Å². The molecule has 0 radical (unpaired) electrons. The van der Waals surface area contributed by atoms with Gasteiger partial charge in [-0.15, -0.1) is 10.2 Å². The molecule has 2 aliphatic heterocycles. The van der Waals surface area contributed by atoms with Crippen LogP contribution in [0.5, 0.6) is 5.75 Å². The zero-order valence-electron chi connectivity index (χ0n) is 13.0. The van der Waals surface area contributed by atoms with E-state index < -0.39 is 0 Å². The molecule has 0 amide bonds. The van der Waals surface area contributed by atoms with Gasteiger partial charge in [0.25, 0.3) is 0 Å². The zero-order valence-corrected chi connectivity index (χ0v) is 14.6. The van der Waals surface area contributed by atoms with Crippen molar-refractivity contribution in [3.63, 3.8) is 0 Å². The standard InChI is InChI=1S/C17H21BrN4O/c18-17-21-20-16-7-15(14(8-22(16)17)11-1-2-11)23-9-10-5-12-3-4-13(6-10)19-12/h7-8,10-13,19H,1-6,9H2/t10-,12+,13-. The summed E-state index contributed by atoms with van der Waals surface area (Å²) >= 11 is 3.46. The third kappa shape index (κ3) is 2.66. The van der Waals surface area contributed by atoms with Crippen LogP contribution < -0.4 is 10.1 Å². The summed E-state index contributed by atoms with van der Waals surface area (Å²) in [5.41, 5.74) is 2.16. The highest BCUT2D eigenvalue weighted by atomic mass is 79.9. The van der Waals surface area contributed by atoms with Crippen molar-refractivity contribution in [1.29, 1.82) is 0 Å². The van der Waals surface area contributed by atoms with Crippen molar-refractivity contribution in [2.45, 2.75) is 56.5 Å². The number of nitrogens with one attached hydrogen (secondary N) is 1. The van der Waals surface area contributed by atoms with E-state index in [9.17, 15) is 0 Å². The van der Waals surface area contributed by atoms with Crippen LogP contribution in [0.25, 0.3) is 5.65 Å². The number of rotatable bonds is 4. The summed E-state index contributed by atoms with van der Waals surface area (Å²) in [6.07, 6.45) is 9.88. The molecule has 0 aromatic carbocycles. The first kappa shape index (κ1) is 14.2. The van der Waals surface area contributed by atoms with Crippen LogP contribution in [0.4, 0.5) is 0 Å². The Balaban J connectivity index is 1.38. The molecule has 2 bridgehead atoms. The van der Waals surface area contributed by atoms with Crippen molar-refractivity contribution in [2.75, 3.05) is 6.61 Å². The third-order valence-electron chi connectivity index (χ3n) is 5.56. The molecule has 3 aliphatic rings. The minimum Gasteiger partial charge on any atom is -0.493 e. The van der Waals surface area contributed by atoms with Gasteiger partial charge in [0.2, 0.25) is 4.73 Å². The fraction of sp³-hybridized carbons (Fsp3) is 0.647. The van der Waals surface area contributed by atoms with Gasteiger partial charge in [0.05, 0.1) is 6.61 Å². The van der Waals surface area contributed by atoms with Crippen LogP contribution in [0.15, 0.2) is 17.0 Å². The first-order chi connectivity index (χ1) is 11.3. The van der Waals surface area contributed by atoms with Gasteiger partial charge in [-0.2, -0.15) is 0 Å². The molecule has 0 unspecified atom stereocenters. The lowest BCUT2D eigenvalue weighted by Gasteiger charge is -2.29. The van der Waals surface area contributed by atoms with E-state index in [1.807, 2.05) is 4.40 Å². The quantitative estimate of drug-likeness (QED) is 0.889. The molecule has 1 N–H and O–H groups in total. The smallest absolute Gasteiger partial charge is 0.204 e. The minimum absolute atomic E-state index is 0.646. The molecule has 3 atom stereocenters. The van der Waals surface area contributed by atoms with E-state index in [0.29, 0.717) is 11.8 Å². The van der Waals surface area contributed by atoms with Gasteiger partial charge in [0, 0.05) is 29.9 Å². The van der Waals surface area contributed by atoms with E-state index >= 15 is 0 Å². The zero-order chi connectivity index (χ0) is 15.4. The molecular weight excluding hydrogens is 356 g/mol. The molecule has 1 saturated carbocycles. The monoisotopic (exact) mass is 376 g/mol. The number of piperidine rings is 1. The summed E-state index contributed by atoms with van der Waals surface area (Å²) in [5.74, 6) is 2.35. The van der Waals surface area contributed by atoms with Crippen LogP contribution >= 0.6 is 15.9 Å². The Morgan fingerprint density at radius 3 is 2.70 bits per heavy atom. The molecule has 122 valence electrons. The highest BCUT2D eigenvalue weighted by Gasteiger charge is 2.34. The van der Waals surface area contributed by atoms with Gasteiger partial charge in [-0.25, -0.2) is 0 Å². The highest BCUT2D eigenvalue weighted by molar-refractivity contribution is 9.10. The average molecular weight is 377 g/mol. The molecule has 2 saturated heterocycles. The number of aromatic nitrogens is 3. The number of fused-ring (bicyclic) bond motifs is 3. The Kier molecular flexibility index (Phi) is 3.37. The lowest BCUT2D eigenvalue weighted by atomic mass is 9.93. The molecule has 3 fully saturated rings.